The molecule has 7 heteroatoms. The first-order valence-electron chi connectivity index (χ1n) is 6.08. The number of ether oxygens (including phenoxy) is 3. The van der Waals surface area contributed by atoms with Crippen LogP contribution in [0.4, 0.5) is 5.95 Å². The normalized spacial score (nSPS) is 15.3. The Balaban J connectivity index is 2.12. The monoisotopic (exact) mass is 254 g/mol. The van der Waals surface area contributed by atoms with Gasteiger partial charge in [0.25, 0.3) is 0 Å². The van der Waals surface area contributed by atoms with Crippen LogP contribution in [0, 0.1) is 0 Å². The fourth-order valence-corrected chi connectivity index (χ4v) is 1.32. The van der Waals surface area contributed by atoms with E-state index in [1.165, 1.54) is 0 Å². The maximum Gasteiger partial charge on any atom is 0.324 e. The van der Waals surface area contributed by atoms with Crippen LogP contribution in [0.5, 0.6) is 12.0 Å². The average Bonchev–Trinajstić information content (AvgIpc) is 2.23. The van der Waals surface area contributed by atoms with Gasteiger partial charge in [-0.25, -0.2) is 0 Å². The minimum absolute atomic E-state index is 0.00163. The van der Waals surface area contributed by atoms with Gasteiger partial charge in [0.2, 0.25) is 5.95 Å². The zero-order valence-corrected chi connectivity index (χ0v) is 10.8. The molecule has 1 aliphatic rings. The average molecular weight is 254 g/mol. The van der Waals surface area contributed by atoms with Crippen LogP contribution in [-0.4, -0.2) is 46.9 Å². The molecular weight excluding hydrogens is 236 g/mol. The molecule has 0 amide bonds. The summed E-state index contributed by atoms with van der Waals surface area (Å²) < 4.78 is 16.1. The van der Waals surface area contributed by atoms with Gasteiger partial charge in [0.15, 0.2) is 0 Å². The van der Waals surface area contributed by atoms with E-state index in [2.05, 4.69) is 20.3 Å². The van der Waals surface area contributed by atoms with Gasteiger partial charge in [0.05, 0.1) is 19.3 Å². The highest BCUT2D eigenvalue weighted by molar-refractivity contribution is 5.27. The highest BCUT2D eigenvalue weighted by atomic mass is 16.6. The van der Waals surface area contributed by atoms with Crippen LogP contribution < -0.4 is 14.8 Å². The fourth-order valence-electron chi connectivity index (χ4n) is 1.32. The molecule has 0 unspecified atom stereocenters. The first-order chi connectivity index (χ1) is 8.67. The van der Waals surface area contributed by atoms with Crippen molar-refractivity contribution in [3.8, 4) is 12.0 Å². The van der Waals surface area contributed by atoms with Crippen LogP contribution in [0.3, 0.4) is 0 Å². The Bertz CT molecular complexity index is 396. The fraction of sp³-hybridized carbons (Fsp3) is 0.727. The first-order valence-corrected chi connectivity index (χ1v) is 6.08. The van der Waals surface area contributed by atoms with E-state index in [0.717, 1.165) is 6.54 Å². The number of anilines is 1. The molecule has 0 atom stereocenters. The summed E-state index contributed by atoms with van der Waals surface area (Å²) in [5, 5.41) is 3.02. The molecule has 0 radical (unpaired) electrons. The number of nitrogens with zero attached hydrogens (tertiary/aromatic N) is 3. The summed E-state index contributed by atoms with van der Waals surface area (Å²) in [6.45, 7) is 7.66. The maximum atomic E-state index is 5.55. The lowest BCUT2D eigenvalue weighted by molar-refractivity contribution is -0.0833. The van der Waals surface area contributed by atoms with Crippen molar-refractivity contribution in [1.82, 2.24) is 15.0 Å². The van der Waals surface area contributed by atoms with Crippen molar-refractivity contribution in [3.63, 3.8) is 0 Å². The third-order valence-corrected chi connectivity index (χ3v) is 2.15. The number of aromatic nitrogens is 3. The van der Waals surface area contributed by atoms with E-state index in [9.17, 15) is 0 Å². The van der Waals surface area contributed by atoms with Gasteiger partial charge in [-0.05, 0) is 20.8 Å². The van der Waals surface area contributed by atoms with Gasteiger partial charge >= 0.3 is 12.0 Å². The Morgan fingerprint density at radius 3 is 2.56 bits per heavy atom. The summed E-state index contributed by atoms with van der Waals surface area (Å²) in [7, 11) is 0. The highest BCUT2D eigenvalue weighted by Crippen LogP contribution is 2.17. The molecule has 2 rings (SSSR count). The lowest BCUT2D eigenvalue weighted by atomic mass is 10.3. The second kappa shape index (κ2) is 5.81. The maximum absolute atomic E-state index is 5.55. The van der Waals surface area contributed by atoms with Crippen LogP contribution in [-0.2, 0) is 4.74 Å². The molecule has 18 heavy (non-hydrogen) atoms. The quantitative estimate of drug-likeness (QED) is 0.806. The zero-order chi connectivity index (χ0) is 13.0. The molecule has 0 saturated carbocycles. The van der Waals surface area contributed by atoms with Crippen molar-refractivity contribution >= 4 is 5.95 Å². The molecule has 1 fully saturated rings. The van der Waals surface area contributed by atoms with E-state index in [0.29, 0.717) is 19.2 Å². The highest BCUT2D eigenvalue weighted by Gasteiger charge is 2.22. The third kappa shape index (κ3) is 3.43. The topological polar surface area (TPSA) is 78.4 Å². The Kier molecular flexibility index (Phi) is 4.14. The Morgan fingerprint density at radius 1 is 1.28 bits per heavy atom. The largest absolute Gasteiger partial charge is 0.461 e. The summed E-state index contributed by atoms with van der Waals surface area (Å²) in [6.07, 6.45) is 0.0236. The van der Waals surface area contributed by atoms with E-state index in [1.807, 2.05) is 20.8 Å². The minimum Gasteiger partial charge on any atom is -0.461 e. The summed E-state index contributed by atoms with van der Waals surface area (Å²) in [5.74, 6) is 0.457. The van der Waals surface area contributed by atoms with Gasteiger partial charge in [0, 0.05) is 6.54 Å². The molecule has 7 nitrogen and oxygen atoms in total. The molecule has 100 valence electrons. The lowest BCUT2D eigenvalue weighted by Gasteiger charge is -2.25. The van der Waals surface area contributed by atoms with Crippen molar-refractivity contribution in [2.45, 2.75) is 33.0 Å². The van der Waals surface area contributed by atoms with Crippen molar-refractivity contribution in [3.05, 3.63) is 0 Å². The standard InChI is InChI=1S/C11H18N4O3/c1-4-12-9-13-10(17-7(2)3)15-11(14-9)18-8-5-16-6-8/h7-8H,4-6H2,1-3H3,(H,12,13,14,15). The summed E-state index contributed by atoms with van der Waals surface area (Å²) >= 11 is 0. The zero-order valence-electron chi connectivity index (χ0n) is 10.8. The van der Waals surface area contributed by atoms with Gasteiger partial charge in [-0.1, -0.05) is 0 Å². The van der Waals surface area contributed by atoms with Gasteiger partial charge in [-0.2, -0.15) is 9.97 Å². The third-order valence-electron chi connectivity index (χ3n) is 2.15. The molecule has 1 saturated heterocycles. The van der Waals surface area contributed by atoms with Crippen molar-refractivity contribution in [1.29, 1.82) is 0 Å². The molecule has 1 aliphatic heterocycles. The van der Waals surface area contributed by atoms with Gasteiger partial charge in [0.1, 0.15) is 6.10 Å². The second-order valence-electron chi connectivity index (χ2n) is 4.20. The predicted octanol–water partition coefficient (Wildman–Crippen LogP) is 0.868. The predicted molar refractivity (Wildman–Crippen MR) is 65.0 cm³/mol. The van der Waals surface area contributed by atoms with Crippen LogP contribution in [0.1, 0.15) is 20.8 Å². The van der Waals surface area contributed by atoms with Crippen LogP contribution in [0.2, 0.25) is 0 Å². The minimum atomic E-state index is 0.00163. The van der Waals surface area contributed by atoms with Gasteiger partial charge in [-0.15, -0.1) is 4.98 Å². The molecule has 1 aromatic heterocycles. The number of nitrogens with one attached hydrogen (secondary N) is 1. The van der Waals surface area contributed by atoms with Gasteiger partial charge in [-0.3, -0.25) is 0 Å². The number of rotatable bonds is 6. The van der Waals surface area contributed by atoms with Crippen LogP contribution in [0.25, 0.3) is 0 Å². The Labute approximate surface area is 106 Å². The van der Waals surface area contributed by atoms with Crippen molar-refractivity contribution in [2.75, 3.05) is 25.1 Å². The van der Waals surface area contributed by atoms with E-state index >= 15 is 0 Å². The van der Waals surface area contributed by atoms with E-state index < -0.39 is 0 Å². The molecule has 1 aromatic rings. The van der Waals surface area contributed by atoms with E-state index in [-0.39, 0.29) is 24.2 Å². The van der Waals surface area contributed by atoms with Crippen molar-refractivity contribution < 1.29 is 14.2 Å². The molecule has 1 N–H and O–H groups in total. The second-order valence-corrected chi connectivity index (χ2v) is 4.20. The molecule has 0 bridgehead atoms. The lowest BCUT2D eigenvalue weighted by Crippen LogP contribution is -2.39. The van der Waals surface area contributed by atoms with Crippen LogP contribution in [0.15, 0.2) is 0 Å². The SMILES string of the molecule is CCNc1nc(OC(C)C)nc(OC2COC2)n1. The van der Waals surface area contributed by atoms with E-state index in [1.54, 1.807) is 0 Å². The molecule has 0 aromatic carbocycles. The summed E-state index contributed by atoms with van der Waals surface area (Å²) in [4.78, 5) is 12.4. The number of hydrogen-bond donors (Lipinski definition) is 1. The Morgan fingerprint density at radius 2 is 2.00 bits per heavy atom. The Hall–Kier alpha value is -1.63. The molecule has 0 aliphatic carbocycles. The molecule has 0 spiro atoms. The first kappa shape index (κ1) is 12.8. The summed E-state index contributed by atoms with van der Waals surface area (Å²) in [5.41, 5.74) is 0. The van der Waals surface area contributed by atoms with E-state index in [4.69, 9.17) is 14.2 Å². The van der Waals surface area contributed by atoms with Crippen molar-refractivity contribution in [2.24, 2.45) is 0 Å². The molecule has 2 heterocycles. The number of hydrogen-bond acceptors (Lipinski definition) is 7. The molecular formula is C11H18N4O3. The van der Waals surface area contributed by atoms with Gasteiger partial charge < -0.3 is 19.5 Å². The summed E-state index contributed by atoms with van der Waals surface area (Å²) in [6, 6.07) is 0.538. The van der Waals surface area contributed by atoms with Crippen LogP contribution >= 0.6 is 0 Å². The smallest absolute Gasteiger partial charge is 0.324 e.